The van der Waals surface area contributed by atoms with Crippen molar-refractivity contribution in [2.75, 3.05) is 0 Å². The molecular formula is C26H16Cl2N4O5. The minimum atomic E-state index is -0.684. The van der Waals surface area contributed by atoms with E-state index in [1.54, 1.807) is 24.3 Å². The lowest BCUT2D eigenvalue weighted by molar-refractivity contribution is 0.0732. The number of aromatic nitrogens is 2. The minimum absolute atomic E-state index is 0.0267. The predicted octanol–water partition coefficient (Wildman–Crippen LogP) is 4.99. The third-order valence-corrected chi connectivity index (χ3v) is 5.23. The van der Waals surface area contributed by atoms with Gasteiger partial charge >= 0.3 is 11.9 Å². The third kappa shape index (κ3) is 6.97. The Balaban J connectivity index is 1.56. The van der Waals surface area contributed by atoms with Gasteiger partial charge in [0.2, 0.25) is 0 Å². The summed E-state index contributed by atoms with van der Waals surface area (Å²) < 4.78 is 11.0. The second kappa shape index (κ2) is 11.9. The van der Waals surface area contributed by atoms with Crippen LogP contribution in [-0.4, -0.2) is 34.0 Å². The fourth-order valence-electron chi connectivity index (χ4n) is 2.90. The Morgan fingerprint density at radius 2 is 1.43 bits per heavy atom. The SMILES string of the molecule is O=C(Oc1ccc(C=NNC(=O)c2cnccn2)c(OC(=O)c2ccc(Cl)cc2)c1)c1ccc(Cl)cc1. The highest BCUT2D eigenvalue weighted by molar-refractivity contribution is 6.31. The summed E-state index contributed by atoms with van der Waals surface area (Å²) in [5, 5.41) is 4.83. The van der Waals surface area contributed by atoms with Crippen LogP contribution in [0.15, 0.2) is 90.4 Å². The molecule has 11 heteroatoms. The molecule has 0 bridgehead atoms. The molecule has 4 aromatic rings. The van der Waals surface area contributed by atoms with Crippen LogP contribution in [0, 0.1) is 0 Å². The van der Waals surface area contributed by atoms with E-state index in [4.69, 9.17) is 32.7 Å². The molecule has 1 amide bonds. The summed E-state index contributed by atoms with van der Waals surface area (Å²) >= 11 is 11.8. The van der Waals surface area contributed by atoms with Crippen LogP contribution < -0.4 is 14.9 Å². The van der Waals surface area contributed by atoms with Gasteiger partial charge in [-0.05, 0) is 60.7 Å². The number of rotatable bonds is 7. The second-order valence-electron chi connectivity index (χ2n) is 7.28. The molecule has 3 aromatic carbocycles. The topological polar surface area (TPSA) is 120 Å². The number of nitrogens with zero attached hydrogens (tertiary/aromatic N) is 3. The van der Waals surface area contributed by atoms with Crippen LogP contribution in [0.2, 0.25) is 10.0 Å². The van der Waals surface area contributed by atoms with Gasteiger partial charge in [0.05, 0.1) is 23.5 Å². The number of amides is 1. The van der Waals surface area contributed by atoms with E-state index in [1.807, 2.05) is 0 Å². The number of benzene rings is 3. The molecule has 1 heterocycles. The van der Waals surface area contributed by atoms with Gasteiger partial charge in [0.15, 0.2) is 0 Å². The van der Waals surface area contributed by atoms with Gasteiger partial charge in [-0.2, -0.15) is 5.10 Å². The van der Waals surface area contributed by atoms with Gasteiger partial charge in [-0.15, -0.1) is 0 Å². The number of esters is 2. The highest BCUT2D eigenvalue weighted by Gasteiger charge is 2.15. The molecule has 0 fully saturated rings. The Labute approximate surface area is 220 Å². The van der Waals surface area contributed by atoms with Crippen LogP contribution in [0.3, 0.4) is 0 Å². The first kappa shape index (κ1) is 25.5. The summed E-state index contributed by atoms with van der Waals surface area (Å²) in [6.45, 7) is 0. The molecule has 1 N–H and O–H groups in total. The Morgan fingerprint density at radius 1 is 0.811 bits per heavy atom. The van der Waals surface area contributed by atoms with Gasteiger partial charge in [0.1, 0.15) is 17.2 Å². The minimum Gasteiger partial charge on any atom is -0.423 e. The fourth-order valence-corrected chi connectivity index (χ4v) is 3.16. The number of ether oxygens (including phenoxy) is 2. The first-order valence-corrected chi connectivity index (χ1v) is 11.3. The normalized spacial score (nSPS) is 10.6. The Kier molecular flexibility index (Phi) is 8.19. The lowest BCUT2D eigenvalue weighted by atomic mass is 10.2. The van der Waals surface area contributed by atoms with Crippen molar-refractivity contribution in [2.24, 2.45) is 5.10 Å². The predicted molar refractivity (Wildman–Crippen MR) is 136 cm³/mol. The van der Waals surface area contributed by atoms with Gasteiger partial charge in [0, 0.05) is 34.1 Å². The van der Waals surface area contributed by atoms with E-state index in [9.17, 15) is 14.4 Å². The molecule has 0 atom stereocenters. The molecule has 37 heavy (non-hydrogen) atoms. The first-order valence-electron chi connectivity index (χ1n) is 10.6. The van der Waals surface area contributed by atoms with Crippen LogP contribution in [0.1, 0.15) is 36.8 Å². The number of hydrazone groups is 1. The Bertz CT molecular complexity index is 1460. The average molecular weight is 535 g/mol. The van der Waals surface area contributed by atoms with Crippen LogP contribution in [0.4, 0.5) is 0 Å². The molecule has 0 aliphatic rings. The van der Waals surface area contributed by atoms with E-state index in [0.29, 0.717) is 15.6 Å². The van der Waals surface area contributed by atoms with Crippen molar-refractivity contribution in [3.05, 3.63) is 118 Å². The van der Waals surface area contributed by atoms with Gasteiger partial charge in [0.25, 0.3) is 5.91 Å². The molecule has 0 radical (unpaired) electrons. The highest BCUT2D eigenvalue weighted by Crippen LogP contribution is 2.26. The van der Waals surface area contributed by atoms with E-state index < -0.39 is 17.8 Å². The number of nitrogens with one attached hydrogen (secondary N) is 1. The van der Waals surface area contributed by atoms with Gasteiger partial charge in [-0.1, -0.05) is 23.2 Å². The van der Waals surface area contributed by atoms with Crippen LogP contribution in [-0.2, 0) is 0 Å². The van der Waals surface area contributed by atoms with E-state index in [-0.39, 0.29) is 28.3 Å². The number of halogens is 2. The zero-order chi connectivity index (χ0) is 26.2. The quantitative estimate of drug-likeness (QED) is 0.153. The molecule has 184 valence electrons. The first-order chi connectivity index (χ1) is 17.9. The van der Waals surface area contributed by atoms with Gasteiger partial charge < -0.3 is 9.47 Å². The maximum atomic E-state index is 12.7. The van der Waals surface area contributed by atoms with Crippen LogP contribution in [0.5, 0.6) is 11.5 Å². The number of carbonyl (C=O) groups excluding carboxylic acids is 3. The molecular weight excluding hydrogens is 519 g/mol. The molecule has 0 unspecified atom stereocenters. The molecule has 0 spiro atoms. The van der Waals surface area contributed by atoms with Crippen molar-refractivity contribution >= 4 is 47.3 Å². The zero-order valence-corrected chi connectivity index (χ0v) is 20.3. The molecule has 0 aliphatic heterocycles. The third-order valence-electron chi connectivity index (χ3n) is 4.72. The molecule has 0 saturated carbocycles. The maximum Gasteiger partial charge on any atom is 0.343 e. The second-order valence-corrected chi connectivity index (χ2v) is 8.16. The number of hydrogen-bond donors (Lipinski definition) is 1. The molecule has 1 aromatic heterocycles. The molecule has 0 saturated heterocycles. The van der Waals surface area contributed by atoms with Crippen molar-refractivity contribution in [1.29, 1.82) is 0 Å². The van der Waals surface area contributed by atoms with Gasteiger partial charge in [-0.3, -0.25) is 9.78 Å². The molecule has 9 nitrogen and oxygen atoms in total. The van der Waals surface area contributed by atoms with Crippen molar-refractivity contribution in [3.63, 3.8) is 0 Å². The lowest BCUT2D eigenvalue weighted by Gasteiger charge is -2.11. The number of carbonyl (C=O) groups is 3. The monoisotopic (exact) mass is 534 g/mol. The van der Waals surface area contributed by atoms with Crippen molar-refractivity contribution in [1.82, 2.24) is 15.4 Å². The Morgan fingerprint density at radius 3 is 2.03 bits per heavy atom. The summed E-state index contributed by atoms with van der Waals surface area (Å²) in [7, 11) is 0. The standard InChI is InChI=1S/C26H16Cl2N4O5/c27-19-6-1-16(2-7-19)25(34)36-21-10-5-18(14-31-32-24(33)22-15-29-11-12-30-22)23(13-21)37-26(35)17-3-8-20(28)9-4-17/h1-15H,(H,32,33). The van der Waals surface area contributed by atoms with E-state index in [2.05, 4.69) is 20.5 Å². The van der Waals surface area contributed by atoms with E-state index in [0.717, 1.165) is 0 Å². The highest BCUT2D eigenvalue weighted by atomic mass is 35.5. The Hall–Kier alpha value is -4.60. The summed E-state index contributed by atoms with van der Waals surface area (Å²) in [6.07, 6.45) is 5.36. The fraction of sp³-hybridized carbons (Fsp3) is 0. The molecule has 4 rings (SSSR count). The van der Waals surface area contributed by atoms with E-state index >= 15 is 0 Å². The van der Waals surface area contributed by atoms with Crippen molar-refractivity contribution in [3.8, 4) is 11.5 Å². The van der Waals surface area contributed by atoms with Crippen molar-refractivity contribution < 1.29 is 23.9 Å². The van der Waals surface area contributed by atoms with Crippen LogP contribution in [0.25, 0.3) is 0 Å². The number of hydrogen-bond acceptors (Lipinski definition) is 8. The zero-order valence-electron chi connectivity index (χ0n) is 18.8. The smallest absolute Gasteiger partial charge is 0.343 e. The van der Waals surface area contributed by atoms with E-state index in [1.165, 1.54) is 67.3 Å². The maximum absolute atomic E-state index is 12.7. The summed E-state index contributed by atoms with van der Waals surface area (Å²) in [5.74, 6) is -1.77. The lowest BCUT2D eigenvalue weighted by Crippen LogP contribution is -2.19. The average Bonchev–Trinajstić information content (AvgIpc) is 2.91. The summed E-state index contributed by atoms with van der Waals surface area (Å²) in [4.78, 5) is 45.1. The molecule has 0 aliphatic carbocycles. The largest absolute Gasteiger partial charge is 0.423 e. The van der Waals surface area contributed by atoms with Crippen molar-refractivity contribution in [2.45, 2.75) is 0 Å². The summed E-state index contributed by atoms with van der Waals surface area (Å²) in [6, 6.07) is 16.6. The van der Waals surface area contributed by atoms with Crippen LogP contribution >= 0.6 is 23.2 Å². The summed E-state index contributed by atoms with van der Waals surface area (Å²) in [5.41, 5.74) is 3.22. The van der Waals surface area contributed by atoms with Gasteiger partial charge in [-0.25, -0.2) is 20.0 Å².